The fourth-order valence-corrected chi connectivity index (χ4v) is 0.768. The molecule has 0 aromatic rings. The van der Waals surface area contributed by atoms with Crippen molar-refractivity contribution >= 4 is 37.2 Å². The number of carbonyl (C=O) groups is 2. The van der Waals surface area contributed by atoms with E-state index in [0.717, 1.165) is 0 Å². The Hall–Kier alpha value is -0.360. The molecule has 0 heterocycles. The van der Waals surface area contributed by atoms with Gasteiger partial charge in [0.05, 0.1) is 10.5 Å². The molecule has 0 aromatic carbocycles. The maximum Gasteiger partial charge on any atom is 0.321 e. The van der Waals surface area contributed by atoms with Crippen molar-refractivity contribution in [3.05, 3.63) is 0 Å². The van der Waals surface area contributed by atoms with Gasteiger partial charge in [0.25, 0.3) is 0 Å². The van der Waals surface area contributed by atoms with Crippen LogP contribution in [0.25, 0.3) is 0 Å². The maximum absolute atomic E-state index is 11.2. The number of hydrogen-bond acceptors (Lipinski definition) is 6. The lowest BCUT2D eigenvalue weighted by molar-refractivity contribution is -0.187. The summed E-state index contributed by atoms with van der Waals surface area (Å²) in [6.07, 6.45) is -0.451. The van der Waals surface area contributed by atoms with Gasteiger partial charge in [-0.15, -0.1) is 0 Å². The van der Waals surface area contributed by atoms with Crippen LogP contribution in [0.1, 0.15) is 27.2 Å². The summed E-state index contributed by atoms with van der Waals surface area (Å²) in [7, 11) is 0. The molecule has 0 N–H and O–H groups in total. The van der Waals surface area contributed by atoms with E-state index in [1.54, 1.807) is 20.8 Å². The minimum absolute atomic E-state index is 0.401. The van der Waals surface area contributed by atoms with E-state index in [-0.39, 0.29) is 0 Å². The van der Waals surface area contributed by atoms with Gasteiger partial charge in [-0.25, -0.2) is 0 Å². The molecular formula is C9H16O4S2. The number of rotatable bonds is 5. The SMILES string of the molecule is CCC(OC(=O)C(C)S)OC(=O)C(C)S. The molecule has 0 amide bonds. The highest BCUT2D eigenvalue weighted by Gasteiger charge is 2.21. The molecule has 4 nitrogen and oxygen atoms in total. The second-order valence-electron chi connectivity index (χ2n) is 3.06. The van der Waals surface area contributed by atoms with Crippen LogP contribution in [0.15, 0.2) is 0 Å². The lowest BCUT2D eigenvalue weighted by atomic mass is 10.4. The quantitative estimate of drug-likeness (QED) is 0.442. The molecule has 0 bridgehead atoms. The normalized spacial score (nSPS) is 16.3. The first-order chi connectivity index (χ1) is 6.88. The van der Waals surface area contributed by atoms with E-state index in [4.69, 9.17) is 9.47 Å². The smallest absolute Gasteiger partial charge is 0.321 e. The molecule has 0 fully saturated rings. The van der Waals surface area contributed by atoms with Crippen molar-refractivity contribution < 1.29 is 19.1 Å². The van der Waals surface area contributed by atoms with Gasteiger partial charge >= 0.3 is 11.9 Å². The highest BCUT2D eigenvalue weighted by molar-refractivity contribution is 7.82. The van der Waals surface area contributed by atoms with Crippen LogP contribution >= 0.6 is 25.3 Å². The molecular weight excluding hydrogens is 236 g/mol. The summed E-state index contributed by atoms with van der Waals surface area (Å²) in [6.45, 7) is 4.92. The summed E-state index contributed by atoms with van der Waals surface area (Å²) < 4.78 is 9.78. The number of thiol groups is 2. The molecule has 0 aliphatic carbocycles. The van der Waals surface area contributed by atoms with Crippen molar-refractivity contribution in [1.29, 1.82) is 0 Å². The average molecular weight is 252 g/mol. The fourth-order valence-electron chi connectivity index (χ4n) is 0.647. The Balaban J connectivity index is 4.15. The minimum Gasteiger partial charge on any atom is -0.424 e. The fraction of sp³-hybridized carbons (Fsp3) is 0.778. The molecule has 0 radical (unpaired) electrons. The van der Waals surface area contributed by atoms with Crippen molar-refractivity contribution in [2.24, 2.45) is 0 Å². The van der Waals surface area contributed by atoms with Crippen molar-refractivity contribution in [3.63, 3.8) is 0 Å². The third kappa shape index (κ3) is 5.94. The van der Waals surface area contributed by atoms with Gasteiger partial charge in [0.1, 0.15) is 0 Å². The molecule has 2 atom stereocenters. The summed E-state index contributed by atoms with van der Waals surface area (Å²) in [5.74, 6) is -1.02. The van der Waals surface area contributed by atoms with Crippen LogP contribution in [-0.2, 0) is 19.1 Å². The molecule has 15 heavy (non-hydrogen) atoms. The van der Waals surface area contributed by atoms with Crippen molar-refractivity contribution in [1.82, 2.24) is 0 Å². The molecule has 0 aromatic heterocycles. The van der Waals surface area contributed by atoms with Crippen LogP contribution in [0.4, 0.5) is 0 Å². The van der Waals surface area contributed by atoms with Crippen molar-refractivity contribution in [2.45, 2.75) is 44.0 Å². The lowest BCUT2D eigenvalue weighted by Gasteiger charge is -2.18. The second-order valence-corrected chi connectivity index (χ2v) is 4.61. The van der Waals surface area contributed by atoms with Crippen LogP contribution in [-0.4, -0.2) is 28.7 Å². The van der Waals surface area contributed by atoms with E-state index in [2.05, 4.69) is 25.3 Å². The molecule has 0 aliphatic heterocycles. The summed E-state index contributed by atoms with van der Waals surface area (Å²) in [4.78, 5) is 22.3. The maximum atomic E-state index is 11.2. The molecule has 0 saturated heterocycles. The van der Waals surface area contributed by atoms with E-state index in [1.165, 1.54) is 0 Å². The zero-order valence-corrected chi connectivity index (χ0v) is 10.8. The van der Waals surface area contributed by atoms with Gasteiger partial charge in [-0.05, 0) is 13.8 Å². The number of esters is 2. The molecule has 0 rings (SSSR count). The van der Waals surface area contributed by atoms with E-state index in [0.29, 0.717) is 6.42 Å². The third-order valence-electron chi connectivity index (χ3n) is 1.51. The topological polar surface area (TPSA) is 52.6 Å². The Morgan fingerprint density at radius 1 is 1.07 bits per heavy atom. The van der Waals surface area contributed by atoms with Crippen molar-refractivity contribution in [2.75, 3.05) is 0 Å². The zero-order chi connectivity index (χ0) is 12.0. The lowest BCUT2D eigenvalue weighted by Crippen LogP contribution is -2.29. The number of carbonyl (C=O) groups excluding carboxylic acids is 2. The Labute approximate surface area is 101 Å². The van der Waals surface area contributed by atoms with E-state index in [9.17, 15) is 9.59 Å². The summed E-state index contributed by atoms with van der Waals surface area (Å²) in [5.41, 5.74) is 0. The Morgan fingerprint density at radius 2 is 1.40 bits per heavy atom. The Kier molecular flexibility index (Phi) is 6.84. The summed E-state index contributed by atoms with van der Waals surface area (Å²) >= 11 is 7.82. The standard InChI is InChI=1S/C9H16O4S2/c1-4-7(12-8(10)5(2)14)13-9(11)6(3)15/h5-7,14-15H,4H2,1-3H3. The minimum atomic E-state index is -0.853. The van der Waals surface area contributed by atoms with Crippen LogP contribution in [0.5, 0.6) is 0 Å². The van der Waals surface area contributed by atoms with Crippen LogP contribution < -0.4 is 0 Å². The van der Waals surface area contributed by atoms with Gasteiger partial charge in [-0.1, -0.05) is 6.92 Å². The van der Waals surface area contributed by atoms with E-state index < -0.39 is 28.7 Å². The highest BCUT2D eigenvalue weighted by Crippen LogP contribution is 2.08. The van der Waals surface area contributed by atoms with Gasteiger partial charge in [0.2, 0.25) is 6.29 Å². The predicted octanol–water partition coefficient (Wildman–Crippen LogP) is 1.45. The van der Waals surface area contributed by atoms with Crippen LogP contribution in [0.3, 0.4) is 0 Å². The van der Waals surface area contributed by atoms with Crippen molar-refractivity contribution in [3.8, 4) is 0 Å². The van der Waals surface area contributed by atoms with E-state index >= 15 is 0 Å². The molecule has 0 spiro atoms. The Morgan fingerprint density at radius 3 is 1.60 bits per heavy atom. The largest absolute Gasteiger partial charge is 0.424 e. The summed E-state index contributed by atoms with van der Waals surface area (Å²) in [6, 6.07) is 0. The van der Waals surface area contributed by atoms with Gasteiger partial charge < -0.3 is 9.47 Å². The molecule has 0 aliphatic rings. The summed E-state index contributed by atoms with van der Waals surface area (Å²) in [5, 5.41) is -1.07. The molecule has 0 saturated carbocycles. The first-order valence-electron chi connectivity index (χ1n) is 4.65. The first-order valence-corrected chi connectivity index (χ1v) is 5.68. The Bertz CT molecular complexity index is 206. The molecule has 2 unspecified atom stereocenters. The monoisotopic (exact) mass is 252 g/mol. The highest BCUT2D eigenvalue weighted by atomic mass is 32.1. The first kappa shape index (κ1) is 14.6. The van der Waals surface area contributed by atoms with Gasteiger partial charge in [0.15, 0.2) is 0 Å². The molecule has 88 valence electrons. The second kappa shape index (κ2) is 7.00. The zero-order valence-electron chi connectivity index (χ0n) is 8.97. The average Bonchev–Trinajstić information content (AvgIpc) is 2.15. The third-order valence-corrected chi connectivity index (χ3v) is 1.93. The number of hydrogen-bond donors (Lipinski definition) is 2. The van der Waals surface area contributed by atoms with Gasteiger partial charge in [-0.2, -0.15) is 25.3 Å². The van der Waals surface area contributed by atoms with Gasteiger partial charge in [-0.3, -0.25) is 9.59 Å². The van der Waals surface area contributed by atoms with Crippen LogP contribution in [0, 0.1) is 0 Å². The molecule has 6 heteroatoms. The van der Waals surface area contributed by atoms with Crippen LogP contribution in [0.2, 0.25) is 0 Å². The van der Waals surface area contributed by atoms with E-state index in [1.807, 2.05) is 0 Å². The van der Waals surface area contributed by atoms with Gasteiger partial charge in [0, 0.05) is 6.42 Å². The number of ether oxygens (including phenoxy) is 2. The predicted molar refractivity (Wildman–Crippen MR) is 63.2 cm³/mol.